The van der Waals surface area contributed by atoms with Gasteiger partial charge in [0.2, 0.25) is 0 Å². The van der Waals surface area contributed by atoms with E-state index in [0.717, 1.165) is 11.4 Å². The summed E-state index contributed by atoms with van der Waals surface area (Å²) in [4.78, 5) is 13.1. The second-order valence-corrected chi connectivity index (χ2v) is 14.9. The number of aromatic nitrogens is 2. The summed E-state index contributed by atoms with van der Waals surface area (Å²) in [5.74, 6) is -0.260. The molecule has 0 saturated carbocycles. The largest absolute Gasteiger partial charge is 2.00 e. The molecule has 0 unspecified atom stereocenters. The third kappa shape index (κ3) is 9.69. The molecular formula is C36H51N3NiO4. The molecule has 1 aromatic heterocycles. The van der Waals surface area contributed by atoms with Crippen molar-refractivity contribution < 1.29 is 36.2 Å². The summed E-state index contributed by atoms with van der Waals surface area (Å²) in [5.41, 5.74) is 4.48. The second kappa shape index (κ2) is 14.8. The Morgan fingerprint density at radius 2 is 1.23 bits per heavy atom. The summed E-state index contributed by atoms with van der Waals surface area (Å²) < 4.78 is 10.8. The van der Waals surface area contributed by atoms with E-state index in [1.807, 2.05) is 47.8 Å². The van der Waals surface area contributed by atoms with E-state index in [4.69, 9.17) is 14.5 Å². The average Bonchev–Trinajstić information content (AvgIpc) is 2.88. The van der Waals surface area contributed by atoms with Crippen LogP contribution in [0.3, 0.4) is 0 Å². The Labute approximate surface area is 275 Å². The summed E-state index contributed by atoms with van der Waals surface area (Å²) in [7, 11) is 2.98. The normalized spacial score (nSPS) is 12.3. The molecule has 44 heavy (non-hydrogen) atoms. The van der Waals surface area contributed by atoms with Crippen LogP contribution in [-0.4, -0.2) is 30.4 Å². The van der Waals surface area contributed by atoms with Gasteiger partial charge in [0.05, 0.1) is 25.6 Å². The molecule has 0 amide bonds. The van der Waals surface area contributed by atoms with Crippen LogP contribution in [0.25, 0.3) is 0 Å². The van der Waals surface area contributed by atoms with Gasteiger partial charge in [0, 0.05) is 31.2 Å². The Balaban J connectivity index is 0.000000435. The third-order valence-corrected chi connectivity index (χ3v) is 7.05. The zero-order valence-corrected chi connectivity index (χ0v) is 30.0. The van der Waals surface area contributed by atoms with Crippen molar-refractivity contribution in [3.63, 3.8) is 0 Å². The molecule has 2 aromatic carbocycles. The van der Waals surface area contributed by atoms with E-state index in [0.29, 0.717) is 29.0 Å². The van der Waals surface area contributed by atoms with Gasteiger partial charge in [0.15, 0.2) is 11.5 Å². The van der Waals surface area contributed by atoms with Gasteiger partial charge >= 0.3 is 16.5 Å². The van der Waals surface area contributed by atoms with Gasteiger partial charge < -0.3 is 19.7 Å². The molecule has 0 aliphatic carbocycles. The zero-order valence-electron chi connectivity index (χ0n) is 29.0. The molecule has 0 N–H and O–H groups in total. The summed E-state index contributed by atoms with van der Waals surface area (Å²) in [6.45, 7) is 24.6. The molecule has 0 spiro atoms. The topological polar surface area (TPSA) is 103 Å². The SMILES string of the molecule is CC(C)(C)c1ccc(C(C)(C)C)c(N=CCc2cnccn2)c1.COc1c(OC)c(C(C)(C)C)c([O-])c([O-])c1C(C)(C)C.[Ni+2]. The predicted octanol–water partition coefficient (Wildman–Crippen LogP) is 7.46. The molecule has 3 aromatic rings. The van der Waals surface area contributed by atoms with Crippen molar-refractivity contribution >= 4 is 11.9 Å². The maximum Gasteiger partial charge on any atom is 2.00 e. The third-order valence-electron chi connectivity index (χ3n) is 7.05. The van der Waals surface area contributed by atoms with Crippen LogP contribution < -0.4 is 19.7 Å². The van der Waals surface area contributed by atoms with Crippen LogP contribution in [-0.2, 0) is 44.6 Å². The number of aliphatic imine (C=N–C) groups is 1. The molecule has 3 rings (SSSR count). The first-order valence-electron chi connectivity index (χ1n) is 14.7. The van der Waals surface area contributed by atoms with E-state index >= 15 is 0 Å². The number of benzene rings is 2. The van der Waals surface area contributed by atoms with E-state index in [-0.39, 0.29) is 27.3 Å². The minimum atomic E-state index is -0.500. The van der Waals surface area contributed by atoms with E-state index in [2.05, 4.69) is 69.7 Å². The molecule has 0 aliphatic rings. The smallest absolute Gasteiger partial charge is 0.873 e. The number of nitrogens with zero attached hydrogens (tertiary/aromatic N) is 3. The van der Waals surface area contributed by atoms with Gasteiger partial charge in [-0.25, -0.2) is 0 Å². The van der Waals surface area contributed by atoms with Gasteiger partial charge in [0.25, 0.3) is 0 Å². The van der Waals surface area contributed by atoms with Crippen LogP contribution in [0.15, 0.2) is 41.8 Å². The maximum absolute atomic E-state index is 12.5. The van der Waals surface area contributed by atoms with E-state index in [1.54, 1.807) is 18.6 Å². The molecule has 1 heterocycles. The first-order chi connectivity index (χ1) is 19.6. The average molecular weight is 649 g/mol. The Hall–Kier alpha value is -3.12. The minimum Gasteiger partial charge on any atom is -0.873 e. The fourth-order valence-corrected chi connectivity index (χ4v) is 4.82. The van der Waals surface area contributed by atoms with Crippen LogP contribution in [0, 0.1) is 0 Å². The summed E-state index contributed by atoms with van der Waals surface area (Å²) >= 11 is 0. The van der Waals surface area contributed by atoms with Gasteiger partial charge in [-0.2, -0.15) is 0 Å². The molecule has 0 radical (unpaired) electrons. The number of rotatable bonds is 5. The van der Waals surface area contributed by atoms with Crippen LogP contribution in [0.5, 0.6) is 23.0 Å². The minimum absolute atomic E-state index is 0. The molecule has 7 nitrogen and oxygen atoms in total. The van der Waals surface area contributed by atoms with Crippen molar-refractivity contribution in [1.29, 1.82) is 0 Å². The Kier molecular flexibility index (Phi) is 13.1. The Morgan fingerprint density at radius 1 is 0.727 bits per heavy atom. The monoisotopic (exact) mass is 647 g/mol. The predicted molar refractivity (Wildman–Crippen MR) is 174 cm³/mol. The van der Waals surface area contributed by atoms with Crippen LogP contribution in [0.2, 0.25) is 0 Å². The number of hydrogen-bond donors (Lipinski definition) is 0. The van der Waals surface area contributed by atoms with Crippen LogP contribution >= 0.6 is 0 Å². The van der Waals surface area contributed by atoms with Gasteiger partial charge in [-0.05, 0) is 50.0 Å². The molecular weight excluding hydrogens is 597 g/mol. The van der Waals surface area contributed by atoms with Crippen molar-refractivity contribution in [3.8, 4) is 23.0 Å². The fraction of sp³-hybridized carbons (Fsp3) is 0.528. The van der Waals surface area contributed by atoms with Crippen molar-refractivity contribution in [2.45, 2.75) is 111 Å². The molecule has 8 heteroatoms. The van der Waals surface area contributed by atoms with Gasteiger partial charge in [-0.15, -0.1) is 11.5 Å². The van der Waals surface area contributed by atoms with Gasteiger partial charge in [-0.1, -0.05) is 95.2 Å². The quantitative estimate of drug-likeness (QED) is 0.210. The van der Waals surface area contributed by atoms with Gasteiger partial charge in [0.1, 0.15) is 0 Å². The van der Waals surface area contributed by atoms with Crippen molar-refractivity contribution in [3.05, 3.63) is 64.7 Å². The first kappa shape index (κ1) is 38.9. The Bertz CT molecular complexity index is 1360. The second-order valence-electron chi connectivity index (χ2n) is 14.9. The standard InChI is InChI=1S/C20H27N3.C16H26O4.Ni/c1-19(2,3)15-7-8-17(20(4,5)6)18(13-15)23-10-9-16-14-21-11-12-22-16;1-15(2,3)9-11(17)12(18)10(16(4,5)6)14(20-8)13(9)19-7;/h7-8,10-14H,9H2,1-6H3;17-18H,1-8H3;/q;;+2/p-2. The van der Waals surface area contributed by atoms with Crippen molar-refractivity contribution in [2.75, 3.05) is 14.2 Å². The summed E-state index contributed by atoms with van der Waals surface area (Å²) in [5, 5.41) is 25.0. The molecule has 244 valence electrons. The molecule has 0 saturated heterocycles. The van der Waals surface area contributed by atoms with Crippen molar-refractivity contribution in [2.24, 2.45) is 4.99 Å². The first-order valence-corrected chi connectivity index (χ1v) is 14.7. The fourth-order valence-electron chi connectivity index (χ4n) is 4.82. The number of ether oxygens (including phenoxy) is 2. The van der Waals surface area contributed by atoms with E-state index < -0.39 is 22.3 Å². The van der Waals surface area contributed by atoms with Gasteiger partial charge in [-0.3, -0.25) is 15.0 Å². The van der Waals surface area contributed by atoms with Crippen LogP contribution in [0.4, 0.5) is 5.69 Å². The number of hydrogen-bond acceptors (Lipinski definition) is 7. The maximum atomic E-state index is 12.5. The molecule has 0 atom stereocenters. The van der Waals surface area contributed by atoms with E-state index in [1.165, 1.54) is 25.3 Å². The molecule has 0 aliphatic heterocycles. The zero-order chi connectivity index (χ0) is 33.0. The van der Waals surface area contributed by atoms with Crippen LogP contribution in [0.1, 0.15) is 111 Å². The number of methoxy groups -OCH3 is 2. The summed E-state index contributed by atoms with van der Waals surface area (Å²) in [6.07, 6.45) is 7.80. The Morgan fingerprint density at radius 3 is 1.59 bits per heavy atom. The van der Waals surface area contributed by atoms with E-state index in [9.17, 15) is 10.2 Å². The molecule has 0 fully saturated rings. The van der Waals surface area contributed by atoms with Crippen molar-refractivity contribution in [1.82, 2.24) is 9.97 Å². The molecule has 0 bridgehead atoms. The summed E-state index contributed by atoms with van der Waals surface area (Å²) in [6, 6.07) is 6.66.